The van der Waals surface area contributed by atoms with E-state index in [2.05, 4.69) is 20.6 Å². The summed E-state index contributed by atoms with van der Waals surface area (Å²) in [5, 5.41) is 3.83. The average Bonchev–Trinajstić information content (AvgIpc) is 2.92. The van der Waals surface area contributed by atoms with Crippen molar-refractivity contribution in [1.82, 2.24) is 19.9 Å². The highest BCUT2D eigenvalue weighted by Gasteiger charge is 2.09. The maximum absolute atomic E-state index is 5.33. The number of morpholine rings is 1. The van der Waals surface area contributed by atoms with Crippen LogP contribution in [0, 0.1) is 0 Å². The Morgan fingerprint density at radius 3 is 2.95 bits per heavy atom. The molecule has 0 amide bonds. The van der Waals surface area contributed by atoms with E-state index >= 15 is 0 Å². The fraction of sp³-hybridized carbons (Fsp3) is 0.429. The Morgan fingerprint density at radius 2 is 2.10 bits per heavy atom. The molecule has 1 fully saturated rings. The van der Waals surface area contributed by atoms with Gasteiger partial charge < -0.3 is 10.1 Å². The lowest BCUT2D eigenvalue weighted by molar-refractivity contribution is 0.0389. The number of benzene rings is 1. The van der Waals surface area contributed by atoms with Crippen molar-refractivity contribution in [3.63, 3.8) is 0 Å². The van der Waals surface area contributed by atoms with Gasteiger partial charge in [-0.2, -0.15) is 0 Å². The Labute approximate surface area is 129 Å². The number of aromatic nitrogens is 2. The molecule has 112 valence electrons. The highest BCUT2D eigenvalue weighted by molar-refractivity contribution is 7.80. The SMILES string of the molecule is S=C(NCCN1CCOCC1)Nn1cnc2ccccc21. The summed E-state index contributed by atoms with van der Waals surface area (Å²) in [6, 6.07) is 7.93. The molecule has 1 saturated heterocycles. The van der Waals surface area contributed by atoms with Gasteiger partial charge >= 0.3 is 0 Å². The van der Waals surface area contributed by atoms with Gasteiger partial charge in [-0.25, -0.2) is 9.66 Å². The third-order valence-corrected chi connectivity index (χ3v) is 3.73. The number of rotatable bonds is 4. The van der Waals surface area contributed by atoms with Crippen LogP contribution in [0.4, 0.5) is 0 Å². The molecule has 2 aromatic rings. The van der Waals surface area contributed by atoms with Crippen molar-refractivity contribution in [2.45, 2.75) is 0 Å². The van der Waals surface area contributed by atoms with Crippen LogP contribution < -0.4 is 10.7 Å². The van der Waals surface area contributed by atoms with Gasteiger partial charge in [-0.15, -0.1) is 0 Å². The number of fused-ring (bicyclic) bond motifs is 1. The lowest BCUT2D eigenvalue weighted by Crippen LogP contribution is -2.43. The third-order valence-electron chi connectivity index (χ3n) is 3.49. The van der Waals surface area contributed by atoms with E-state index < -0.39 is 0 Å². The van der Waals surface area contributed by atoms with Crippen molar-refractivity contribution < 1.29 is 4.74 Å². The average molecular weight is 305 g/mol. The number of thiocarbonyl (C=S) groups is 1. The van der Waals surface area contributed by atoms with Crippen LogP contribution in [-0.2, 0) is 4.74 Å². The predicted molar refractivity (Wildman–Crippen MR) is 87.0 cm³/mol. The van der Waals surface area contributed by atoms with Crippen molar-refractivity contribution in [2.75, 3.05) is 44.8 Å². The van der Waals surface area contributed by atoms with E-state index in [4.69, 9.17) is 17.0 Å². The van der Waals surface area contributed by atoms with Crippen LogP contribution >= 0.6 is 12.2 Å². The molecule has 1 aliphatic rings. The number of hydrogen-bond acceptors (Lipinski definition) is 4. The summed E-state index contributed by atoms with van der Waals surface area (Å²) in [5.74, 6) is 0. The van der Waals surface area contributed by atoms with E-state index in [9.17, 15) is 0 Å². The number of nitrogens with one attached hydrogen (secondary N) is 2. The first-order valence-corrected chi connectivity index (χ1v) is 7.51. The molecule has 7 heteroatoms. The second-order valence-corrected chi connectivity index (χ2v) is 5.33. The summed E-state index contributed by atoms with van der Waals surface area (Å²) >= 11 is 5.32. The third kappa shape index (κ3) is 3.69. The van der Waals surface area contributed by atoms with Crippen LogP contribution in [0.3, 0.4) is 0 Å². The van der Waals surface area contributed by atoms with Crippen LogP contribution in [0.5, 0.6) is 0 Å². The van der Waals surface area contributed by atoms with Gasteiger partial charge in [0.1, 0.15) is 6.33 Å². The summed E-state index contributed by atoms with van der Waals surface area (Å²) in [6.07, 6.45) is 1.74. The van der Waals surface area contributed by atoms with Gasteiger partial charge in [0.2, 0.25) is 0 Å². The topological polar surface area (TPSA) is 54.4 Å². The van der Waals surface area contributed by atoms with E-state index in [1.807, 2.05) is 28.9 Å². The first kappa shape index (κ1) is 14.2. The van der Waals surface area contributed by atoms with Crippen molar-refractivity contribution >= 4 is 28.4 Å². The van der Waals surface area contributed by atoms with Gasteiger partial charge in [-0.05, 0) is 24.4 Å². The van der Waals surface area contributed by atoms with E-state index in [0.717, 1.165) is 50.4 Å². The summed E-state index contributed by atoms with van der Waals surface area (Å²) in [6.45, 7) is 5.42. The first-order valence-electron chi connectivity index (χ1n) is 7.10. The maximum Gasteiger partial charge on any atom is 0.185 e. The van der Waals surface area contributed by atoms with Gasteiger partial charge in [-0.3, -0.25) is 10.3 Å². The Morgan fingerprint density at radius 1 is 1.29 bits per heavy atom. The lowest BCUT2D eigenvalue weighted by atomic mass is 10.3. The smallest absolute Gasteiger partial charge is 0.185 e. The number of para-hydroxylation sites is 2. The second kappa shape index (κ2) is 6.84. The predicted octanol–water partition coefficient (Wildman–Crippen LogP) is 0.787. The van der Waals surface area contributed by atoms with Crippen LogP contribution in [0.2, 0.25) is 0 Å². The zero-order valence-corrected chi connectivity index (χ0v) is 12.6. The van der Waals surface area contributed by atoms with Crippen molar-refractivity contribution in [3.8, 4) is 0 Å². The zero-order valence-electron chi connectivity index (χ0n) is 11.8. The maximum atomic E-state index is 5.33. The minimum Gasteiger partial charge on any atom is -0.379 e. The lowest BCUT2D eigenvalue weighted by Gasteiger charge is -2.26. The largest absolute Gasteiger partial charge is 0.379 e. The molecule has 21 heavy (non-hydrogen) atoms. The molecule has 0 atom stereocenters. The highest BCUT2D eigenvalue weighted by atomic mass is 32.1. The summed E-state index contributed by atoms with van der Waals surface area (Å²) in [5.41, 5.74) is 5.09. The van der Waals surface area contributed by atoms with Gasteiger partial charge in [0.15, 0.2) is 5.11 Å². The monoisotopic (exact) mass is 305 g/mol. The molecule has 0 spiro atoms. The van der Waals surface area contributed by atoms with Crippen LogP contribution in [0.1, 0.15) is 0 Å². The van der Waals surface area contributed by atoms with Gasteiger partial charge in [0.25, 0.3) is 0 Å². The van der Waals surface area contributed by atoms with Crippen molar-refractivity contribution in [1.29, 1.82) is 0 Å². The Bertz CT molecular complexity index is 608. The molecule has 0 aliphatic carbocycles. The molecule has 1 aliphatic heterocycles. The van der Waals surface area contributed by atoms with Crippen LogP contribution in [0.15, 0.2) is 30.6 Å². The molecule has 2 heterocycles. The highest BCUT2D eigenvalue weighted by Crippen LogP contribution is 2.09. The Hall–Kier alpha value is -1.70. The first-order chi connectivity index (χ1) is 10.3. The second-order valence-electron chi connectivity index (χ2n) is 4.93. The number of ether oxygens (including phenoxy) is 1. The van der Waals surface area contributed by atoms with E-state index in [1.54, 1.807) is 6.33 Å². The van der Waals surface area contributed by atoms with Gasteiger partial charge in [0.05, 0.1) is 24.2 Å². The van der Waals surface area contributed by atoms with Gasteiger partial charge in [-0.1, -0.05) is 12.1 Å². The number of nitrogens with zero attached hydrogens (tertiary/aromatic N) is 3. The van der Waals surface area contributed by atoms with Gasteiger partial charge in [0, 0.05) is 26.2 Å². The molecular weight excluding hydrogens is 286 g/mol. The minimum atomic E-state index is 0.603. The van der Waals surface area contributed by atoms with E-state index in [0.29, 0.717) is 5.11 Å². The fourth-order valence-corrected chi connectivity index (χ4v) is 2.55. The standard InChI is InChI=1S/C14H19N5OS/c21-14(15-5-6-18-7-9-20-10-8-18)17-19-11-16-12-3-1-2-4-13(12)19/h1-4,11H,5-10H2,(H2,15,17,21). The van der Waals surface area contributed by atoms with Crippen molar-refractivity contribution in [3.05, 3.63) is 30.6 Å². The molecule has 0 radical (unpaired) electrons. The molecule has 2 N–H and O–H groups in total. The van der Waals surface area contributed by atoms with E-state index in [-0.39, 0.29) is 0 Å². The molecule has 0 bridgehead atoms. The van der Waals surface area contributed by atoms with Crippen molar-refractivity contribution in [2.24, 2.45) is 0 Å². The molecular formula is C14H19N5OS. The van der Waals surface area contributed by atoms with E-state index in [1.165, 1.54) is 0 Å². The Kier molecular flexibility index (Phi) is 4.64. The zero-order chi connectivity index (χ0) is 14.5. The summed E-state index contributed by atoms with van der Waals surface area (Å²) in [4.78, 5) is 6.68. The molecule has 0 saturated carbocycles. The summed E-state index contributed by atoms with van der Waals surface area (Å²) < 4.78 is 7.16. The molecule has 0 unspecified atom stereocenters. The molecule has 1 aromatic carbocycles. The number of hydrogen-bond donors (Lipinski definition) is 2. The fourth-order valence-electron chi connectivity index (χ4n) is 2.35. The normalized spacial score (nSPS) is 16.0. The molecule has 1 aromatic heterocycles. The van der Waals surface area contributed by atoms with Crippen LogP contribution in [0.25, 0.3) is 11.0 Å². The Balaban J connectivity index is 1.47. The quantitative estimate of drug-likeness (QED) is 0.815. The molecule has 3 rings (SSSR count). The van der Waals surface area contributed by atoms with Crippen LogP contribution in [-0.4, -0.2) is 59.1 Å². The minimum absolute atomic E-state index is 0.603. The molecule has 6 nitrogen and oxygen atoms in total. The number of imidazole rings is 1. The summed E-state index contributed by atoms with van der Waals surface area (Å²) in [7, 11) is 0.